The van der Waals surface area contributed by atoms with Crippen LogP contribution in [0.15, 0.2) is 24.3 Å². The summed E-state index contributed by atoms with van der Waals surface area (Å²) in [5, 5.41) is 0.683. The molecule has 1 aromatic rings. The van der Waals surface area contributed by atoms with Gasteiger partial charge in [0.15, 0.2) is 9.84 Å². The van der Waals surface area contributed by atoms with Crippen LogP contribution in [0.3, 0.4) is 0 Å². The van der Waals surface area contributed by atoms with Crippen LogP contribution in [0.2, 0.25) is 5.02 Å². The minimum absolute atomic E-state index is 0.0727. The molecule has 1 fully saturated rings. The number of benzene rings is 1. The molecule has 16 heavy (non-hydrogen) atoms. The number of alkyl halides is 1. The molecule has 0 bridgehead atoms. The first-order valence-corrected chi connectivity index (χ1v) is 8.19. The fourth-order valence-corrected chi connectivity index (χ4v) is 5.03. The van der Waals surface area contributed by atoms with Crippen molar-refractivity contribution in [3.8, 4) is 0 Å². The largest absolute Gasteiger partial charge is 0.229 e. The molecule has 0 spiro atoms. The number of hydrogen-bond donors (Lipinski definition) is 0. The molecule has 2 unspecified atom stereocenters. The second kappa shape index (κ2) is 4.67. The second-order valence-electron chi connectivity index (χ2n) is 4.12. The Kier molecular flexibility index (Phi) is 3.62. The molecule has 88 valence electrons. The van der Waals surface area contributed by atoms with E-state index in [0.717, 1.165) is 12.0 Å². The molecule has 1 aliphatic heterocycles. The van der Waals surface area contributed by atoms with Gasteiger partial charge in [-0.05, 0) is 30.0 Å². The van der Waals surface area contributed by atoms with Crippen LogP contribution in [-0.2, 0) is 9.84 Å². The predicted octanol–water partition coefficient (Wildman–Crippen LogP) is 3.21. The molecule has 2 rings (SSSR count). The Morgan fingerprint density at radius 1 is 1.44 bits per heavy atom. The van der Waals surface area contributed by atoms with Crippen molar-refractivity contribution in [2.24, 2.45) is 5.92 Å². The third-order valence-corrected chi connectivity index (χ3v) is 6.15. The summed E-state index contributed by atoms with van der Waals surface area (Å²) in [5.74, 6) is 0.735. The summed E-state index contributed by atoms with van der Waals surface area (Å²) in [6.07, 6.45) is 0.727. The number of rotatable bonds is 2. The van der Waals surface area contributed by atoms with E-state index in [1.165, 1.54) is 0 Å². The van der Waals surface area contributed by atoms with Gasteiger partial charge in [0, 0.05) is 9.85 Å². The molecule has 1 saturated heterocycles. The fraction of sp³-hybridized carbons (Fsp3) is 0.455. The van der Waals surface area contributed by atoms with E-state index >= 15 is 0 Å². The molecule has 0 aliphatic carbocycles. The van der Waals surface area contributed by atoms with Crippen molar-refractivity contribution in [3.05, 3.63) is 34.9 Å². The summed E-state index contributed by atoms with van der Waals surface area (Å²) < 4.78 is 22.8. The quantitative estimate of drug-likeness (QED) is 0.783. The van der Waals surface area contributed by atoms with E-state index < -0.39 is 9.84 Å². The predicted molar refractivity (Wildman–Crippen MR) is 69.9 cm³/mol. The van der Waals surface area contributed by atoms with E-state index in [2.05, 4.69) is 15.9 Å². The van der Waals surface area contributed by atoms with Gasteiger partial charge >= 0.3 is 0 Å². The highest BCUT2D eigenvalue weighted by atomic mass is 79.9. The third-order valence-electron chi connectivity index (χ3n) is 2.85. The molecule has 2 atom stereocenters. The van der Waals surface area contributed by atoms with Crippen molar-refractivity contribution in [1.29, 1.82) is 0 Å². The van der Waals surface area contributed by atoms with Crippen molar-refractivity contribution >= 4 is 37.4 Å². The van der Waals surface area contributed by atoms with Gasteiger partial charge in [0.2, 0.25) is 0 Å². The molecule has 1 aliphatic rings. The van der Waals surface area contributed by atoms with E-state index in [1.807, 2.05) is 24.3 Å². The zero-order chi connectivity index (χ0) is 11.8. The molecular weight excluding hydrogens is 312 g/mol. The zero-order valence-corrected chi connectivity index (χ0v) is 11.7. The Bertz CT molecular complexity index is 487. The summed E-state index contributed by atoms with van der Waals surface area (Å²) in [7, 11) is -2.82. The topological polar surface area (TPSA) is 34.1 Å². The minimum Gasteiger partial charge on any atom is -0.229 e. The summed E-state index contributed by atoms with van der Waals surface area (Å²) >= 11 is 9.49. The van der Waals surface area contributed by atoms with Gasteiger partial charge in [-0.15, -0.1) is 0 Å². The Morgan fingerprint density at radius 2 is 2.19 bits per heavy atom. The summed E-state index contributed by atoms with van der Waals surface area (Å²) in [6, 6.07) is 7.55. The van der Waals surface area contributed by atoms with E-state index in [4.69, 9.17) is 11.6 Å². The van der Waals surface area contributed by atoms with Gasteiger partial charge in [-0.1, -0.05) is 39.7 Å². The number of sulfone groups is 1. The Hall–Kier alpha value is -0.0600. The zero-order valence-electron chi connectivity index (χ0n) is 8.57. The molecule has 1 heterocycles. The standard InChI is InChI=1S/C11H12BrClO2S/c12-11(8-2-1-3-10(13)6-8)9-4-5-16(14,15)7-9/h1-3,6,9,11H,4-5,7H2. The van der Waals surface area contributed by atoms with Gasteiger partial charge in [0.25, 0.3) is 0 Å². The lowest BCUT2D eigenvalue weighted by molar-refractivity contribution is 0.580. The van der Waals surface area contributed by atoms with Gasteiger partial charge in [-0.2, -0.15) is 0 Å². The van der Waals surface area contributed by atoms with Crippen molar-refractivity contribution in [1.82, 2.24) is 0 Å². The molecule has 0 amide bonds. The molecule has 0 radical (unpaired) electrons. The molecule has 5 heteroatoms. The Labute approximate surface area is 109 Å². The van der Waals surface area contributed by atoms with Crippen LogP contribution < -0.4 is 0 Å². The Morgan fingerprint density at radius 3 is 2.75 bits per heavy atom. The molecular formula is C11H12BrClO2S. The number of hydrogen-bond acceptors (Lipinski definition) is 2. The van der Waals surface area contributed by atoms with Crippen LogP contribution in [0, 0.1) is 5.92 Å². The van der Waals surface area contributed by atoms with Gasteiger partial charge in [-0.25, -0.2) is 8.42 Å². The first kappa shape index (κ1) is 12.4. The Balaban J connectivity index is 2.17. The van der Waals surface area contributed by atoms with E-state index in [9.17, 15) is 8.42 Å². The average molecular weight is 324 g/mol. The monoisotopic (exact) mass is 322 g/mol. The molecule has 1 aromatic carbocycles. The maximum Gasteiger partial charge on any atom is 0.150 e. The highest BCUT2D eigenvalue weighted by molar-refractivity contribution is 9.09. The molecule has 0 N–H and O–H groups in total. The first-order valence-electron chi connectivity index (χ1n) is 5.08. The smallest absolute Gasteiger partial charge is 0.150 e. The highest BCUT2D eigenvalue weighted by Gasteiger charge is 2.33. The lowest BCUT2D eigenvalue weighted by atomic mass is 9.99. The lowest BCUT2D eigenvalue weighted by Crippen LogP contribution is -2.10. The maximum atomic E-state index is 11.4. The molecule has 0 saturated carbocycles. The maximum absolute atomic E-state index is 11.4. The van der Waals surface area contributed by atoms with Gasteiger partial charge in [0.05, 0.1) is 11.5 Å². The van der Waals surface area contributed by atoms with E-state index in [1.54, 1.807) is 0 Å². The van der Waals surface area contributed by atoms with Crippen molar-refractivity contribution < 1.29 is 8.42 Å². The van der Waals surface area contributed by atoms with Gasteiger partial charge in [0.1, 0.15) is 0 Å². The van der Waals surface area contributed by atoms with Gasteiger partial charge in [-0.3, -0.25) is 0 Å². The summed E-state index contributed by atoms with van der Waals surface area (Å²) in [4.78, 5) is 0.0727. The molecule has 2 nitrogen and oxygen atoms in total. The van der Waals surface area contributed by atoms with Crippen LogP contribution in [0.4, 0.5) is 0 Å². The summed E-state index contributed by atoms with van der Waals surface area (Å²) in [6.45, 7) is 0. The number of halogens is 2. The normalized spacial score (nSPS) is 25.5. The second-order valence-corrected chi connectivity index (χ2v) is 7.77. The van der Waals surface area contributed by atoms with Crippen molar-refractivity contribution in [2.75, 3.05) is 11.5 Å². The third kappa shape index (κ3) is 2.79. The average Bonchev–Trinajstić information content (AvgIpc) is 2.58. The van der Waals surface area contributed by atoms with Crippen molar-refractivity contribution in [2.45, 2.75) is 11.2 Å². The fourth-order valence-electron chi connectivity index (χ4n) is 2.00. The van der Waals surface area contributed by atoms with Crippen LogP contribution in [0.5, 0.6) is 0 Å². The highest BCUT2D eigenvalue weighted by Crippen LogP contribution is 2.38. The van der Waals surface area contributed by atoms with Crippen molar-refractivity contribution in [3.63, 3.8) is 0 Å². The molecule has 0 aromatic heterocycles. The minimum atomic E-state index is -2.82. The SMILES string of the molecule is O=S1(=O)CCC(C(Br)c2cccc(Cl)c2)C1. The summed E-state index contributed by atoms with van der Waals surface area (Å²) in [5.41, 5.74) is 1.05. The van der Waals surface area contributed by atoms with Crippen LogP contribution in [0.1, 0.15) is 16.8 Å². The lowest BCUT2D eigenvalue weighted by Gasteiger charge is -2.16. The van der Waals surface area contributed by atoms with Crippen LogP contribution in [-0.4, -0.2) is 19.9 Å². The van der Waals surface area contributed by atoms with E-state index in [0.29, 0.717) is 10.8 Å². The van der Waals surface area contributed by atoms with Gasteiger partial charge < -0.3 is 0 Å². The van der Waals surface area contributed by atoms with Crippen LogP contribution in [0.25, 0.3) is 0 Å². The van der Waals surface area contributed by atoms with Crippen LogP contribution >= 0.6 is 27.5 Å². The van der Waals surface area contributed by atoms with E-state index in [-0.39, 0.29) is 16.5 Å². The first-order chi connectivity index (χ1) is 7.48.